The van der Waals surface area contributed by atoms with Gasteiger partial charge >= 0.3 is 0 Å². The fourth-order valence-corrected chi connectivity index (χ4v) is 4.73. The molecular formula is C25H37N3O5. The van der Waals surface area contributed by atoms with Crippen LogP contribution in [0.15, 0.2) is 18.2 Å². The SMILES string of the molecule is CO[C@@H]1CN(C)C(=O)c2cc(NC(=O)C3CCCC3)ccc2OC[C@@H](C)N(C(C)=O)C[C@@H]1C. The molecule has 0 bridgehead atoms. The van der Waals surface area contributed by atoms with Crippen LogP contribution in [0.5, 0.6) is 5.75 Å². The third-order valence-electron chi connectivity index (χ3n) is 6.84. The molecule has 1 saturated carbocycles. The predicted octanol–water partition coefficient (Wildman–Crippen LogP) is 3.17. The lowest BCUT2D eigenvalue weighted by Gasteiger charge is -2.35. The molecule has 8 nitrogen and oxygen atoms in total. The van der Waals surface area contributed by atoms with Crippen molar-refractivity contribution in [1.82, 2.24) is 9.80 Å². The monoisotopic (exact) mass is 459 g/mol. The first-order valence-electron chi connectivity index (χ1n) is 11.8. The summed E-state index contributed by atoms with van der Waals surface area (Å²) in [4.78, 5) is 41.7. The van der Waals surface area contributed by atoms with Gasteiger partial charge in [0.2, 0.25) is 11.8 Å². The number of nitrogens with one attached hydrogen (secondary N) is 1. The van der Waals surface area contributed by atoms with Crippen molar-refractivity contribution in [2.75, 3.05) is 39.2 Å². The van der Waals surface area contributed by atoms with Crippen molar-refractivity contribution in [2.45, 2.75) is 58.6 Å². The van der Waals surface area contributed by atoms with Crippen LogP contribution in [-0.2, 0) is 14.3 Å². The Hall–Kier alpha value is -2.61. The summed E-state index contributed by atoms with van der Waals surface area (Å²) in [6.45, 7) is 6.65. The van der Waals surface area contributed by atoms with E-state index in [1.54, 1.807) is 49.1 Å². The van der Waals surface area contributed by atoms with Crippen LogP contribution in [0.1, 0.15) is 56.8 Å². The Morgan fingerprint density at radius 2 is 1.85 bits per heavy atom. The summed E-state index contributed by atoms with van der Waals surface area (Å²) in [6.07, 6.45) is 3.73. The number of hydrogen-bond acceptors (Lipinski definition) is 5. The highest BCUT2D eigenvalue weighted by atomic mass is 16.5. The molecule has 1 aromatic carbocycles. The molecule has 1 aliphatic carbocycles. The minimum Gasteiger partial charge on any atom is -0.491 e. The summed E-state index contributed by atoms with van der Waals surface area (Å²) < 4.78 is 11.7. The Morgan fingerprint density at radius 3 is 2.48 bits per heavy atom. The first-order chi connectivity index (χ1) is 15.7. The number of hydrogen-bond donors (Lipinski definition) is 1. The lowest BCUT2D eigenvalue weighted by atomic mass is 10.0. The first-order valence-corrected chi connectivity index (χ1v) is 11.8. The molecule has 1 aromatic rings. The van der Waals surface area contributed by atoms with E-state index in [-0.39, 0.29) is 48.3 Å². The number of benzene rings is 1. The van der Waals surface area contributed by atoms with Crippen molar-refractivity contribution in [2.24, 2.45) is 11.8 Å². The topological polar surface area (TPSA) is 88.2 Å². The van der Waals surface area contributed by atoms with Gasteiger partial charge in [-0.2, -0.15) is 0 Å². The van der Waals surface area contributed by atoms with Gasteiger partial charge in [-0.05, 0) is 38.0 Å². The van der Waals surface area contributed by atoms with E-state index < -0.39 is 0 Å². The molecule has 182 valence electrons. The number of amides is 3. The van der Waals surface area contributed by atoms with Crippen molar-refractivity contribution in [3.05, 3.63) is 23.8 Å². The predicted molar refractivity (Wildman–Crippen MR) is 126 cm³/mol. The second-order valence-electron chi connectivity index (χ2n) is 9.45. The molecule has 1 N–H and O–H groups in total. The number of fused-ring (bicyclic) bond motifs is 1. The van der Waals surface area contributed by atoms with Crippen LogP contribution < -0.4 is 10.1 Å². The second-order valence-corrected chi connectivity index (χ2v) is 9.45. The Bertz CT molecular complexity index is 868. The van der Waals surface area contributed by atoms with E-state index in [4.69, 9.17) is 9.47 Å². The molecule has 1 aliphatic heterocycles. The second kappa shape index (κ2) is 11.0. The average Bonchev–Trinajstić information content (AvgIpc) is 3.33. The number of anilines is 1. The van der Waals surface area contributed by atoms with Crippen LogP contribution in [0.2, 0.25) is 0 Å². The molecule has 8 heteroatoms. The molecule has 33 heavy (non-hydrogen) atoms. The van der Waals surface area contributed by atoms with Crippen molar-refractivity contribution in [3.63, 3.8) is 0 Å². The molecule has 0 radical (unpaired) electrons. The van der Waals surface area contributed by atoms with Crippen molar-refractivity contribution in [1.29, 1.82) is 0 Å². The van der Waals surface area contributed by atoms with Gasteiger partial charge in [0.15, 0.2) is 0 Å². The normalized spacial score (nSPS) is 25.0. The van der Waals surface area contributed by atoms with E-state index in [1.807, 2.05) is 13.8 Å². The summed E-state index contributed by atoms with van der Waals surface area (Å²) in [5.41, 5.74) is 0.963. The average molecular weight is 460 g/mol. The van der Waals surface area contributed by atoms with Gasteiger partial charge in [-0.1, -0.05) is 19.8 Å². The molecule has 0 aromatic heterocycles. The smallest absolute Gasteiger partial charge is 0.257 e. The van der Waals surface area contributed by atoms with Gasteiger partial charge < -0.3 is 24.6 Å². The summed E-state index contributed by atoms with van der Waals surface area (Å²) in [6, 6.07) is 4.99. The molecule has 0 spiro atoms. The highest BCUT2D eigenvalue weighted by Gasteiger charge is 2.29. The van der Waals surface area contributed by atoms with E-state index in [9.17, 15) is 14.4 Å². The van der Waals surface area contributed by atoms with Crippen molar-refractivity contribution in [3.8, 4) is 5.75 Å². The Kier molecular flexibility index (Phi) is 8.35. The Morgan fingerprint density at radius 1 is 1.15 bits per heavy atom. The maximum absolute atomic E-state index is 13.4. The highest BCUT2D eigenvalue weighted by molar-refractivity contribution is 5.99. The molecule has 1 heterocycles. The van der Waals surface area contributed by atoms with E-state index in [2.05, 4.69) is 5.32 Å². The Labute approximate surface area is 196 Å². The van der Waals surface area contributed by atoms with Crippen LogP contribution >= 0.6 is 0 Å². The number of carbonyl (C=O) groups excluding carboxylic acids is 3. The van der Waals surface area contributed by atoms with Crippen molar-refractivity contribution >= 4 is 23.4 Å². The lowest BCUT2D eigenvalue weighted by molar-refractivity contribution is -0.133. The zero-order valence-electron chi connectivity index (χ0n) is 20.4. The van der Waals surface area contributed by atoms with Gasteiger partial charge in [-0.25, -0.2) is 0 Å². The van der Waals surface area contributed by atoms with Crippen molar-refractivity contribution < 1.29 is 23.9 Å². The molecule has 3 atom stereocenters. The number of likely N-dealkylation sites (N-methyl/N-ethyl adjacent to an activating group) is 1. The highest BCUT2D eigenvalue weighted by Crippen LogP contribution is 2.29. The van der Waals surface area contributed by atoms with E-state index in [0.29, 0.717) is 30.1 Å². The number of rotatable bonds is 3. The first kappa shape index (κ1) is 25.0. The third-order valence-corrected chi connectivity index (χ3v) is 6.84. The zero-order valence-corrected chi connectivity index (χ0v) is 20.4. The fourth-order valence-electron chi connectivity index (χ4n) is 4.73. The van der Waals surface area contributed by atoms with Gasteiger partial charge in [0.05, 0.1) is 17.7 Å². The van der Waals surface area contributed by atoms with E-state index in [1.165, 1.54) is 0 Å². The number of methoxy groups -OCH3 is 1. The zero-order chi connectivity index (χ0) is 24.1. The minimum atomic E-state index is -0.234. The van der Waals surface area contributed by atoms with Crippen LogP contribution in [0.4, 0.5) is 5.69 Å². The largest absolute Gasteiger partial charge is 0.491 e. The molecule has 1 fully saturated rings. The maximum atomic E-state index is 13.4. The summed E-state index contributed by atoms with van der Waals surface area (Å²) in [7, 11) is 3.35. The quantitative estimate of drug-likeness (QED) is 0.750. The van der Waals surface area contributed by atoms with Crippen LogP contribution in [0, 0.1) is 11.8 Å². The molecule has 0 unspecified atom stereocenters. The minimum absolute atomic E-state index is 0.00122. The van der Waals surface area contributed by atoms with Gasteiger partial charge in [0.1, 0.15) is 12.4 Å². The molecule has 0 saturated heterocycles. The van der Waals surface area contributed by atoms with E-state index >= 15 is 0 Å². The number of nitrogens with zero attached hydrogens (tertiary/aromatic N) is 2. The molecule has 2 aliphatic rings. The lowest BCUT2D eigenvalue weighted by Crippen LogP contribution is -2.48. The van der Waals surface area contributed by atoms with Crippen LogP contribution in [0.25, 0.3) is 0 Å². The Balaban J connectivity index is 1.91. The molecular weight excluding hydrogens is 422 g/mol. The summed E-state index contributed by atoms with van der Waals surface area (Å²) in [5.74, 6) is 0.257. The maximum Gasteiger partial charge on any atom is 0.257 e. The van der Waals surface area contributed by atoms with E-state index in [0.717, 1.165) is 25.7 Å². The van der Waals surface area contributed by atoms with Gasteiger partial charge in [0, 0.05) is 51.7 Å². The number of carbonyl (C=O) groups is 3. The standard InChI is InChI=1S/C25H37N3O5/c1-16-13-28(18(3)29)17(2)15-33-22-11-10-20(26-24(30)19-8-6-7-9-19)12-21(22)25(31)27(4)14-23(16)32-5/h10-12,16-17,19,23H,6-9,13-15H2,1-5H3,(H,26,30)/t16-,17+,23+/m0/s1. The molecule has 3 rings (SSSR count). The van der Waals surface area contributed by atoms with Crippen LogP contribution in [0.3, 0.4) is 0 Å². The summed E-state index contributed by atoms with van der Waals surface area (Å²) in [5, 5.41) is 2.97. The number of ether oxygens (including phenoxy) is 2. The fraction of sp³-hybridized carbons (Fsp3) is 0.640. The van der Waals surface area contributed by atoms with Crippen LogP contribution in [-0.4, -0.2) is 73.5 Å². The molecule has 3 amide bonds. The van der Waals surface area contributed by atoms with Gasteiger partial charge in [0.25, 0.3) is 5.91 Å². The van der Waals surface area contributed by atoms with Gasteiger partial charge in [-0.3, -0.25) is 14.4 Å². The summed E-state index contributed by atoms with van der Waals surface area (Å²) >= 11 is 0. The third kappa shape index (κ3) is 6.05. The van der Waals surface area contributed by atoms with Gasteiger partial charge in [-0.15, -0.1) is 0 Å².